The van der Waals surface area contributed by atoms with E-state index >= 15 is 0 Å². The number of carbonyl (C=O) groups excluding carboxylic acids is 1. The maximum atomic E-state index is 13.1. The number of carbonyl (C=O) groups is 1. The summed E-state index contributed by atoms with van der Waals surface area (Å²) in [5.41, 5.74) is 1.71. The van der Waals surface area contributed by atoms with E-state index in [-0.39, 0.29) is 22.8 Å². The fourth-order valence-corrected chi connectivity index (χ4v) is 6.81. The van der Waals surface area contributed by atoms with Crippen molar-refractivity contribution in [1.82, 2.24) is 4.31 Å². The molecule has 0 radical (unpaired) electrons. The van der Waals surface area contributed by atoms with Crippen molar-refractivity contribution >= 4 is 38.9 Å². The number of rotatable bonds is 6. The van der Waals surface area contributed by atoms with E-state index in [1.54, 1.807) is 28.6 Å². The van der Waals surface area contributed by atoms with Crippen molar-refractivity contribution in [3.63, 3.8) is 0 Å². The van der Waals surface area contributed by atoms with Gasteiger partial charge in [0.1, 0.15) is 0 Å². The lowest BCUT2D eigenvalue weighted by Crippen LogP contribution is -2.43. The van der Waals surface area contributed by atoms with Gasteiger partial charge in [-0.1, -0.05) is 31.0 Å². The Morgan fingerprint density at radius 1 is 1.03 bits per heavy atom. The zero-order valence-corrected chi connectivity index (χ0v) is 20.6. The number of sulfonamides is 1. The van der Waals surface area contributed by atoms with Gasteiger partial charge in [0.2, 0.25) is 15.9 Å². The highest BCUT2D eigenvalue weighted by atomic mass is 35.5. The summed E-state index contributed by atoms with van der Waals surface area (Å²) in [4.78, 5) is 15.3. The molecule has 2 aromatic rings. The zero-order valence-electron chi connectivity index (χ0n) is 19.0. The Hall–Kier alpha value is -2.09. The predicted molar refractivity (Wildman–Crippen MR) is 133 cm³/mol. The van der Waals surface area contributed by atoms with Crippen molar-refractivity contribution in [1.29, 1.82) is 0 Å². The van der Waals surface area contributed by atoms with Gasteiger partial charge in [-0.3, -0.25) is 4.79 Å². The van der Waals surface area contributed by atoms with E-state index < -0.39 is 10.0 Å². The molecule has 0 saturated carbocycles. The molecule has 8 heteroatoms. The molecule has 4 rings (SSSR count). The van der Waals surface area contributed by atoms with Gasteiger partial charge in [0, 0.05) is 48.0 Å². The van der Waals surface area contributed by atoms with Gasteiger partial charge in [0.25, 0.3) is 0 Å². The second kappa shape index (κ2) is 10.5. The second-order valence-corrected chi connectivity index (χ2v) is 11.3. The lowest BCUT2D eigenvalue weighted by Gasteiger charge is -2.34. The average Bonchev–Trinajstić information content (AvgIpc) is 2.84. The first-order chi connectivity index (χ1) is 15.9. The molecule has 0 aliphatic carbocycles. The third-order valence-electron chi connectivity index (χ3n) is 6.81. The summed E-state index contributed by atoms with van der Waals surface area (Å²) in [6.45, 7) is 4.21. The quantitative estimate of drug-likeness (QED) is 0.609. The highest BCUT2D eigenvalue weighted by molar-refractivity contribution is 7.89. The number of piperidine rings is 2. The van der Waals surface area contributed by atoms with Crippen LogP contribution in [-0.2, 0) is 14.8 Å². The van der Waals surface area contributed by atoms with Crippen LogP contribution in [0.1, 0.15) is 45.4 Å². The van der Waals surface area contributed by atoms with E-state index in [1.165, 1.54) is 0 Å². The Morgan fingerprint density at radius 3 is 2.42 bits per heavy atom. The van der Waals surface area contributed by atoms with Crippen LogP contribution < -0.4 is 10.2 Å². The summed E-state index contributed by atoms with van der Waals surface area (Å²) in [6.07, 6.45) is 5.24. The maximum Gasteiger partial charge on any atom is 0.243 e. The van der Waals surface area contributed by atoms with E-state index in [0.717, 1.165) is 57.3 Å². The molecule has 0 bridgehead atoms. The highest BCUT2D eigenvalue weighted by Gasteiger charge is 2.32. The first kappa shape index (κ1) is 24.0. The third-order valence-corrected chi connectivity index (χ3v) is 9.01. The van der Waals surface area contributed by atoms with Crippen LogP contribution in [0.2, 0.25) is 5.02 Å². The Balaban J connectivity index is 1.35. The van der Waals surface area contributed by atoms with Crippen LogP contribution in [0.5, 0.6) is 0 Å². The molecule has 1 N–H and O–H groups in total. The number of nitrogens with one attached hydrogen (secondary N) is 1. The van der Waals surface area contributed by atoms with Gasteiger partial charge in [-0.2, -0.15) is 4.31 Å². The van der Waals surface area contributed by atoms with Crippen molar-refractivity contribution in [3.8, 4) is 0 Å². The second-order valence-electron chi connectivity index (χ2n) is 8.93. The van der Waals surface area contributed by atoms with Gasteiger partial charge in [-0.15, -0.1) is 0 Å². The molecule has 178 valence electrons. The fraction of sp³-hybridized carbons (Fsp3) is 0.480. The van der Waals surface area contributed by atoms with Crippen molar-refractivity contribution < 1.29 is 13.2 Å². The summed E-state index contributed by atoms with van der Waals surface area (Å²) in [7, 11) is -3.52. The highest BCUT2D eigenvalue weighted by Crippen LogP contribution is 2.29. The molecule has 2 aromatic carbocycles. The van der Waals surface area contributed by atoms with Crippen molar-refractivity contribution in [3.05, 3.63) is 53.6 Å². The largest absolute Gasteiger partial charge is 0.371 e. The molecule has 2 fully saturated rings. The van der Waals surface area contributed by atoms with E-state index in [0.29, 0.717) is 17.3 Å². The fourth-order valence-electron chi connectivity index (χ4n) is 4.86. The van der Waals surface area contributed by atoms with Crippen molar-refractivity contribution in [2.24, 2.45) is 5.92 Å². The van der Waals surface area contributed by atoms with Crippen LogP contribution in [0.15, 0.2) is 53.4 Å². The van der Waals surface area contributed by atoms with E-state index in [9.17, 15) is 13.2 Å². The Morgan fingerprint density at radius 2 is 1.76 bits per heavy atom. The maximum absolute atomic E-state index is 13.1. The minimum atomic E-state index is -3.52. The molecular weight excluding hydrogens is 458 g/mol. The number of anilines is 2. The summed E-state index contributed by atoms with van der Waals surface area (Å²) < 4.78 is 27.9. The van der Waals surface area contributed by atoms with Gasteiger partial charge in [0.05, 0.1) is 4.90 Å². The number of amides is 1. The molecule has 0 spiro atoms. The summed E-state index contributed by atoms with van der Waals surface area (Å²) in [6, 6.07) is 14.4. The van der Waals surface area contributed by atoms with Gasteiger partial charge >= 0.3 is 0 Å². The SMILES string of the molecule is CCC1CCCCN1S(=O)(=O)c1ccc(NC(=O)C2CCN(c3cccc(Cl)c3)CC2)cc1. The van der Waals surface area contributed by atoms with Crippen molar-refractivity contribution in [2.75, 3.05) is 29.9 Å². The smallest absolute Gasteiger partial charge is 0.243 e. The normalized spacial score (nSPS) is 20.5. The standard InChI is InChI=1S/C25H32ClN3O3S/c1-2-22-7-3-4-15-29(22)33(31,32)24-11-9-21(10-12-24)27-25(30)19-13-16-28(17-14-19)23-8-5-6-20(26)18-23/h5-6,8-12,18-19,22H,2-4,7,13-17H2,1H3,(H,27,30). The van der Waals surface area contributed by atoms with Gasteiger partial charge < -0.3 is 10.2 Å². The molecule has 6 nitrogen and oxygen atoms in total. The van der Waals surface area contributed by atoms with Gasteiger partial charge in [-0.25, -0.2) is 8.42 Å². The lowest BCUT2D eigenvalue weighted by atomic mass is 9.95. The zero-order chi connectivity index (χ0) is 23.4. The Kier molecular flexibility index (Phi) is 7.62. The molecule has 1 amide bonds. The predicted octanol–water partition coefficient (Wildman–Crippen LogP) is 5.15. The van der Waals surface area contributed by atoms with E-state index in [4.69, 9.17) is 11.6 Å². The first-order valence-corrected chi connectivity index (χ1v) is 13.6. The minimum absolute atomic E-state index is 0.0153. The molecule has 2 saturated heterocycles. The molecule has 2 aliphatic rings. The molecular formula is C25H32ClN3O3S. The average molecular weight is 490 g/mol. The minimum Gasteiger partial charge on any atom is -0.371 e. The van der Waals surface area contributed by atoms with E-state index in [2.05, 4.69) is 10.2 Å². The van der Waals surface area contributed by atoms with Crippen LogP contribution in [0.3, 0.4) is 0 Å². The molecule has 1 unspecified atom stereocenters. The number of halogens is 1. The van der Waals surface area contributed by atoms with Gasteiger partial charge in [0.15, 0.2) is 0 Å². The van der Waals surface area contributed by atoms with Crippen molar-refractivity contribution in [2.45, 2.75) is 56.4 Å². The third kappa shape index (κ3) is 5.53. The molecule has 0 aromatic heterocycles. The van der Waals surface area contributed by atoms with E-state index in [1.807, 2.05) is 31.2 Å². The molecule has 33 heavy (non-hydrogen) atoms. The Bertz CT molecular complexity index is 1070. The van der Waals surface area contributed by atoms with Crippen LogP contribution in [0.25, 0.3) is 0 Å². The van der Waals surface area contributed by atoms with Crippen LogP contribution in [-0.4, -0.2) is 44.3 Å². The monoisotopic (exact) mass is 489 g/mol. The molecule has 2 aliphatic heterocycles. The Labute approximate surface area is 202 Å². The summed E-state index contributed by atoms with van der Waals surface area (Å²) >= 11 is 6.10. The van der Waals surface area contributed by atoms with Gasteiger partial charge in [-0.05, 0) is 74.6 Å². The van der Waals surface area contributed by atoms with Crippen LogP contribution in [0.4, 0.5) is 11.4 Å². The van der Waals surface area contributed by atoms with Crippen LogP contribution >= 0.6 is 11.6 Å². The number of benzene rings is 2. The molecule has 1 atom stereocenters. The number of nitrogens with zero attached hydrogens (tertiary/aromatic N) is 2. The van der Waals surface area contributed by atoms with Crippen LogP contribution in [0, 0.1) is 5.92 Å². The molecule has 2 heterocycles. The first-order valence-electron chi connectivity index (χ1n) is 11.8. The summed E-state index contributed by atoms with van der Waals surface area (Å²) in [5.74, 6) is -0.0825. The number of hydrogen-bond acceptors (Lipinski definition) is 4. The lowest BCUT2D eigenvalue weighted by molar-refractivity contribution is -0.120. The summed E-state index contributed by atoms with van der Waals surface area (Å²) in [5, 5.41) is 3.68. The topological polar surface area (TPSA) is 69.7 Å². The number of hydrogen-bond donors (Lipinski definition) is 1.